The van der Waals surface area contributed by atoms with Gasteiger partial charge in [-0.05, 0) is 24.3 Å². The van der Waals surface area contributed by atoms with Crippen molar-refractivity contribution in [2.75, 3.05) is 11.9 Å². The molecule has 0 aliphatic carbocycles. The molecule has 0 saturated heterocycles. The summed E-state index contributed by atoms with van der Waals surface area (Å²) in [5.74, 6) is 1.37. The summed E-state index contributed by atoms with van der Waals surface area (Å²) in [5.41, 5.74) is 1.97. The number of hydrogen-bond donors (Lipinski definition) is 0. The fraction of sp³-hybridized carbons (Fsp3) is 0.250. The van der Waals surface area contributed by atoms with Gasteiger partial charge in [-0.1, -0.05) is 0 Å². The molecule has 2 aromatic heterocycles. The molecule has 0 unspecified atom stereocenters. The maximum Gasteiger partial charge on any atom is 0.123 e. The van der Waals surface area contributed by atoms with Crippen LogP contribution in [0.15, 0.2) is 41.1 Å². The predicted molar refractivity (Wildman–Crippen MR) is 64.6 cm³/mol. The zero-order valence-electron chi connectivity index (χ0n) is 9.06. The molecule has 0 spiro atoms. The second-order valence-corrected chi connectivity index (χ2v) is 3.84. The zero-order chi connectivity index (χ0) is 11.4. The van der Waals surface area contributed by atoms with E-state index in [1.807, 2.05) is 31.3 Å². The minimum atomic E-state index is 0.433. The highest BCUT2D eigenvalue weighted by molar-refractivity contribution is 6.16. The third kappa shape index (κ3) is 2.55. The van der Waals surface area contributed by atoms with E-state index >= 15 is 0 Å². The van der Waals surface area contributed by atoms with Gasteiger partial charge in [0.05, 0.1) is 24.4 Å². The SMILES string of the molecule is CN(Cc1ccco1)c1ccnc(CCl)c1. The lowest BCUT2D eigenvalue weighted by Crippen LogP contribution is -2.16. The number of anilines is 1. The molecule has 0 bridgehead atoms. The Balaban J connectivity index is 2.11. The molecule has 2 rings (SSSR count). The molecule has 84 valence electrons. The summed E-state index contributed by atoms with van der Waals surface area (Å²) >= 11 is 5.75. The molecule has 2 aromatic rings. The van der Waals surface area contributed by atoms with Gasteiger partial charge in [-0.3, -0.25) is 4.98 Å². The third-order valence-electron chi connectivity index (χ3n) is 2.35. The van der Waals surface area contributed by atoms with Gasteiger partial charge in [0.2, 0.25) is 0 Å². The van der Waals surface area contributed by atoms with Crippen molar-refractivity contribution < 1.29 is 4.42 Å². The highest BCUT2D eigenvalue weighted by Crippen LogP contribution is 2.16. The Morgan fingerprint density at radius 2 is 2.31 bits per heavy atom. The van der Waals surface area contributed by atoms with E-state index < -0.39 is 0 Å². The lowest BCUT2D eigenvalue weighted by atomic mass is 10.3. The fourth-order valence-electron chi connectivity index (χ4n) is 1.50. The largest absolute Gasteiger partial charge is 0.467 e. The Morgan fingerprint density at radius 1 is 1.44 bits per heavy atom. The number of pyridine rings is 1. The van der Waals surface area contributed by atoms with E-state index in [2.05, 4.69) is 9.88 Å². The van der Waals surface area contributed by atoms with Crippen LogP contribution in [-0.2, 0) is 12.4 Å². The van der Waals surface area contributed by atoms with Crippen molar-refractivity contribution in [3.05, 3.63) is 48.2 Å². The van der Waals surface area contributed by atoms with Gasteiger partial charge in [-0.2, -0.15) is 0 Å². The van der Waals surface area contributed by atoms with E-state index in [9.17, 15) is 0 Å². The normalized spacial score (nSPS) is 10.4. The quantitative estimate of drug-likeness (QED) is 0.765. The van der Waals surface area contributed by atoms with Crippen molar-refractivity contribution in [2.24, 2.45) is 0 Å². The molecular weight excluding hydrogens is 224 g/mol. The summed E-state index contributed by atoms with van der Waals surface area (Å²) in [6.45, 7) is 0.735. The first-order chi connectivity index (χ1) is 7.79. The van der Waals surface area contributed by atoms with Crippen LogP contribution in [0.4, 0.5) is 5.69 Å². The summed E-state index contributed by atoms with van der Waals surface area (Å²) in [6, 6.07) is 7.79. The van der Waals surface area contributed by atoms with Crippen LogP contribution < -0.4 is 4.90 Å². The van der Waals surface area contributed by atoms with Crippen molar-refractivity contribution in [3.63, 3.8) is 0 Å². The van der Waals surface area contributed by atoms with E-state index in [4.69, 9.17) is 16.0 Å². The first-order valence-electron chi connectivity index (χ1n) is 5.04. The van der Waals surface area contributed by atoms with Crippen molar-refractivity contribution >= 4 is 17.3 Å². The molecule has 3 nitrogen and oxygen atoms in total. The Bertz CT molecular complexity index is 442. The predicted octanol–water partition coefficient (Wildman–Crippen LogP) is 3.05. The molecule has 0 aliphatic rings. The molecule has 0 fully saturated rings. The van der Waals surface area contributed by atoms with Gasteiger partial charge in [-0.25, -0.2) is 0 Å². The second-order valence-electron chi connectivity index (χ2n) is 3.57. The standard InChI is InChI=1S/C12H13ClN2O/c1-15(9-12-3-2-6-16-12)11-4-5-14-10(7-11)8-13/h2-7H,8-9H2,1H3. The number of aromatic nitrogens is 1. The van der Waals surface area contributed by atoms with E-state index in [0.717, 1.165) is 23.7 Å². The van der Waals surface area contributed by atoms with Crippen LogP contribution in [0.5, 0.6) is 0 Å². The van der Waals surface area contributed by atoms with Gasteiger partial charge in [0.15, 0.2) is 0 Å². The first-order valence-corrected chi connectivity index (χ1v) is 5.57. The van der Waals surface area contributed by atoms with E-state index in [1.54, 1.807) is 12.5 Å². The van der Waals surface area contributed by atoms with E-state index in [1.165, 1.54) is 0 Å². The molecular formula is C12H13ClN2O. The molecule has 0 aromatic carbocycles. The lowest BCUT2D eigenvalue weighted by molar-refractivity contribution is 0.507. The van der Waals surface area contributed by atoms with Crippen LogP contribution in [0.25, 0.3) is 0 Å². The number of rotatable bonds is 4. The van der Waals surface area contributed by atoms with Crippen LogP contribution in [0.1, 0.15) is 11.5 Å². The van der Waals surface area contributed by atoms with Crippen molar-refractivity contribution in [3.8, 4) is 0 Å². The van der Waals surface area contributed by atoms with Crippen LogP contribution >= 0.6 is 11.6 Å². The molecule has 4 heteroatoms. The molecule has 0 atom stereocenters. The number of halogens is 1. The van der Waals surface area contributed by atoms with Gasteiger partial charge < -0.3 is 9.32 Å². The Labute approximate surface area is 99.7 Å². The minimum Gasteiger partial charge on any atom is -0.467 e. The van der Waals surface area contributed by atoms with Crippen molar-refractivity contribution in [1.82, 2.24) is 4.98 Å². The molecule has 16 heavy (non-hydrogen) atoms. The van der Waals surface area contributed by atoms with E-state index in [-0.39, 0.29) is 0 Å². The zero-order valence-corrected chi connectivity index (χ0v) is 9.81. The van der Waals surface area contributed by atoms with Crippen molar-refractivity contribution in [1.29, 1.82) is 0 Å². The first kappa shape index (κ1) is 11.0. The number of furan rings is 1. The van der Waals surface area contributed by atoms with Crippen molar-refractivity contribution in [2.45, 2.75) is 12.4 Å². The molecule has 0 saturated carbocycles. The van der Waals surface area contributed by atoms with Crippen LogP contribution in [0, 0.1) is 0 Å². The summed E-state index contributed by atoms with van der Waals surface area (Å²) in [7, 11) is 2.01. The number of nitrogens with zero attached hydrogens (tertiary/aromatic N) is 2. The molecule has 2 heterocycles. The van der Waals surface area contributed by atoms with Gasteiger partial charge in [0, 0.05) is 18.9 Å². The summed E-state index contributed by atoms with van der Waals surface area (Å²) in [5, 5.41) is 0. The monoisotopic (exact) mass is 236 g/mol. The molecule has 0 radical (unpaired) electrons. The topological polar surface area (TPSA) is 29.3 Å². The number of alkyl halides is 1. The van der Waals surface area contributed by atoms with Crippen LogP contribution in [0.2, 0.25) is 0 Å². The molecule has 0 amide bonds. The van der Waals surface area contributed by atoms with Gasteiger partial charge in [0.25, 0.3) is 0 Å². The summed E-state index contributed by atoms with van der Waals surface area (Å²) < 4.78 is 5.30. The Morgan fingerprint density at radius 3 is 3.00 bits per heavy atom. The third-order valence-corrected chi connectivity index (χ3v) is 2.62. The average Bonchev–Trinajstić information content (AvgIpc) is 2.82. The van der Waals surface area contributed by atoms with Crippen LogP contribution in [-0.4, -0.2) is 12.0 Å². The molecule has 0 aliphatic heterocycles. The van der Waals surface area contributed by atoms with Gasteiger partial charge in [-0.15, -0.1) is 11.6 Å². The second kappa shape index (κ2) is 5.03. The maximum atomic E-state index is 5.75. The summed E-state index contributed by atoms with van der Waals surface area (Å²) in [6.07, 6.45) is 3.45. The highest BCUT2D eigenvalue weighted by Gasteiger charge is 2.04. The highest BCUT2D eigenvalue weighted by atomic mass is 35.5. The average molecular weight is 237 g/mol. The smallest absolute Gasteiger partial charge is 0.123 e. The van der Waals surface area contributed by atoms with Crippen LogP contribution in [0.3, 0.4) is 0 Å². The maximum absolute atomic E-state index is 5.75. The Hall–Kier alpha value is -1.48. The lowest BCUT2D eigenvalue weighted by Gasteiger charge is -2.18. The Kier molecular flexibility index (Phi) is 3.47. The fourth-order valence-corrected chi connectivity index (χ4v) is 1.65. The number of hydrogen-bond acceptors (Lipinski definition) is 3. The van der Waals surface area contributed by atoms with Gasteiger partial charge in [0.1, 0.15) is 5.76 Å². The van der Waals surface area contributed by atoms with E-state index in [0.29, 0.717) is 5.88 Å². The molecule has 0 N–H and O–H groups in total. The minimum absolute atomic E-state index is 0.433. The van der Waals surface area contributed by atoms with Gasteiger partial charge >= 0.3 is 0 Å². The summed E-state index contributed by atoms with van der Waals surface area (Å²) in [4.78, 5) is 6.25.